The van der Waals surface area contributed by atoms with Gasteiger partial charge < -0.3 is 160 Å². The van der Waals surface area contributed by atoms with Crippen molar-refractivity contribution >= 4 is 60.8 Å². The summed E-state index contributed by atoms with van der Waals surface area (Å²) in [5.41, 5.74) is 0. The molecule has 0 spiro atoms. The van der Waals surface area contributed by atoms with Crippen LogP contribution in [0.25, 0.3) is 0 Å². The van der Waals surface area contributed by atoms with Gasteiger partial charge in [0, 0.05) is 139 Å². The van der Waals surface area contributed by atoms with E-state index in [1.54, 1.807) is 0 Å². The van der Waals surface area contributed by atoms with Crippen LogP contribution in [0.2, 0.25) is 0 Å². The summed E-state index contributed by atoms with van der Waals surface area (Å²) in [5.74, 6) is -4.95. The van der Waals surface area contributed by atoms with Crippen molar-refractivity contribution in [3.05, 3.63) is 0 Å². The van der Waals surface area contributed by atoms with Gasteiger partial charge in [-0.25, -0.2) is 0 Å². The van der Waals surface area contributed by atoms with Gasteiger partial charge in [-0.15, -0.1) is 0 Å². The average molecular weight is 1600 g/mol. The van der Waals surface area contributed by atoms with Gasteiger partial charge >= 0.3 is 7.60 Å². The van der Waals surface area contributed by atoms with Gasteiger partial charge in [-0.05, 0) is 64.2 Å². The first-order valence-corrected chi connectivity index (χ1v) is 38.7. The van der Waals surface area contributed by atoms with Crippen molar-refractivity contribution in [2.75, 3.05) is 118 Å². The highest BCUT2D eigenvalue weighted by atomic mass is 31.2. The summed E-state index contributed by atoms with van der Waals surface area (Å²) in [6, 6.07) is -4.81. The molecule has 0 aromatic rings. The molecule has 4 aliphatic rings. The smallest absolute Gasteiger partial charge is 0.325 e. The summed E-state index contributed by atoms with van der Waals surface area (Å²) in [7, 11) is -4.24. The molecule has 43 heteroatoms. The van der Waals surface area contributed by atoms with Gasteiger partial charge in [0.2, 0.25) is 47.3 Å². The molecule has 0 aliphatic carbocycles. The summed E-state index contributed by atoms with van der Waals surface area (Å²) in [6.07, 6.45) is -22.6. The van der Waals surface area contributed by atoms with E-state index in [4.69, 9.17) is 42.4 Å². The van der Waals surface area contributed by atoms with E-state index in [9.17, 15) is 119 Å². The van der Waals surface area contributed by atoms with Crippen LogP contribution >= 0.6 is 7.60 Å². The molecule has 20 N–H and O–H groups in total. The number of unbranched alkanes of at least 4 members (excludes halogenated alkanes) is 5. The molecule has 0 bridgehead atoms. The highest BCUT2D eigenvalue weighted by Gasteiger charge is 2.49. The number of nitrogens with one attached hydrogen (secondary N) is 6. The lowest BCUT2D eigenvalue weighted by Gasteiger charge is -2.42. The van der Waals surface area contributed by atoms with Crippen molar-refractivity contribution in [1.82, 2.24) is 46.6 Å². The fraction of sp³-hybridized carbons (Fsp3) is 0.864. The van der Waals surface area contributed by atoms with Crippen LogP contribution in [-0.4, -0.2) is 386 Å². The lowest BCUT2D eigenvalue weighted by atomic mass is 9.97. The molecule has 0 radical (unpaired) electrons. The van der Waals surface area contributed by atoms with Crippen LogP contribution in [0, 0.1) is 0 Å². The molecule has 4 aliphatic heterocycles. The van der Waals surface area contributed by atoms with Gasteiger partial charge in [-0.1, -0.05) is 0 Å². The van der Waals surface area contributed by atoms with Gasteiger partial charge in [0.1, 0.15) is 97.4 Å². The molecule has 4 fully saturated rings. The Hall–Kier alpha value is -5.46. The summed E-state index contributed by atoms with van der Waals surface area (Å²) < 4.78 is 62.6. The van der Waals surface area contributed by atoms with Crippen LogP contribution in [-0.2, 0) is 90.1 Å². The van der Waals surface area contributed by atoms with E-state index in [1.165, 1.54) is 42.4 Å². The van der Waals surface area contributed by atoms with Gasteiger partial charge in [-0.3, -0.25) is 47.7 Å². The topological polar surface area (TPSA) is 619 Å². The molecule has 4 rings (SSSR count). The van der Waals surface area contributed by atoms with E-state index in [-0.39, 0.29) is 175 Å². The molecule has 9 amide bonds. The molecule has 4 saturated heterocycles. The standard InChI is InChI=1S/C66H118N9O33P/c1-37(80)69-50-58(93)54(89)42(32-76)105-63(50)100-28-12-6-16-46(85)67-20-24-73(48(87)18-8-14-30-102-65-52(71-39(3)82)60(95)56(91)44(34-78)107-65)22-10-11-23-75(62(97)41(84)36-104-109(5,98)99)27-26-74(49(88)19-9-15-31-103-66-53(72-40(4)83)61(96)57(92)45(35-79)108-66)25-21-68-47(86)17-7-13-29-101-64-51(70-38(2)81)59(94)55(90)43(33-77)106-64/h41-45,50-61,63-66,76-79,84,89-96H,6-36H2,1-5H3,(H,67,85)(H,68,86)(H,69,80)(H,70,81)(H,71,82)(H,72,83)(H,98,99)/t41?,42?,43?,44?,45?,50?,51?,52?,53?,54-,55-,56-,57-,58+,59+,60+,61+,63+,64+,65+,66+/m0/s1. The molecule has 0 aromatic carbocycles. The van der Waals surface area contributed by atoms with Crippen molar-refractivity contribution in [2.24, 2.45) is 0 Å². The zero-order valence-electron chi connectivity index (χ0n) is 62.4. The number of rotatable bonds is 50. The number of carbonyl (C=O) groups excluding carboxylic acids is 9. The minimum Gasteiger partial charge on any atom is -0.394 e. The highest BCUT2D eigenvalue weighted by molar-refractivity contribution is 7.51. The number of amides is 9. The number of hydrogen-bond donors (Lipinski definition) is 20. The molecule has 109 heavy (non-hydrogen) atoms. The van der Waals surface area contributed by atoms with Crippen LogP contribution in [0.15, 0.2) is 0 Å². The van der Waals surface area contributed by atoms with Crippen LogP contribution < -0.4 is 31.9 Å². The second kappa shape index (κ2) is 49.9. The van der Waals surface area contributed by atoms with E-state index < -0.39 is 217 Å². The molecule has 0 saturated carbocycles. The Labute approximate surface area is 631 Å². The maximum atomic E-state index is 14.2. The number of carbonyl (C=O) groups is 9. The number of nitrogens with zero attached hydrogens (tertiary/aromatic N) is 3. The molecule has 0 aromatic heterocycles. The predicted octanol–water partition coefficient (Wildman–Crippen LogP) is -8.80. The summed E-state index contributed by atoms with van der Waals surface area (Å²) in [5, 5.41) is 150. The first kappa shape index (κ1) is 95.9. The number of aliphatic hydroxyl groups excluding tert-OH is 13. The van der Waals surface area contributed by atoms with Gasteiger partial charge in [0.25, 0.3) is 5.91 Å². The van der Waals surface area contributed by atoms with Crippen molar-refractivity contribution in [2.45, 2.75) is 246 Å². The Morgan fingerprint density at radius 3 is 0.954 bits per heavy atom. The van der Waals surface area contributed by atoms with E-state index >= 15 is 0 Å². The van der Waals surface area contributed by atoms with Crippen LogP contribution in [0.3, 0.4) is 0 Å². The molecule has 630 valence electrons. The molecular formula is C66H118N9O33P. The largest absolute Gasteiger partial charge is 0.394 e. The van der Waals surface area contributed by atoms with Crippen molar-refractivity contribution in [1.29, 1.82) is 0 Å². The summed E-state index contributed by atoms with van der Waals surface area (Å²) in [6.45, 7) is 0.779. The Morgan fingerprint density at radius 1 is 0.394 bits per heavy atom. The quantitative estimate of drug-likeness (QED) is 0.0199. The summed E-state index contributed by atoms with van der Waals surface area (Å²) >= 11 is 0. The average Bonchev–Trinajstić information content (AvgIpc) is 0.826. The third-order valence-electron chi connectivity index (χ3n) is 18.2. The fourth-order valence-electron chi connectivity index (χ4n) is 12.3. The molecular weight excluding hydrogens is 1480 g/mol. The SMILES string of the molecule is CC(=O)NC1[C@H](OCCCCC(=O)NCCN(CCCCN(CCN(CCNC(=O)CCCCO[C@@H]2OC(CO)[C@H](O)[C@H](O)C2NC(C)=O)C(=O)CCCCO[C@@H]2OC(CO)[C@H](O)[C@H](O)C2NC(C)=O)C(=O)C(O)COP(C)(=O)O)C(=O)CCCCO[C@@H]2OC(CO)[C@H](O)[C@H](O)C2NC(C)=O)OC(CO)[C@H](O)[C@@H]1O. The Kier molecular flexibility index (Phi) is 43.9. The molecule has 42 nitrogen and oxygen atoms in total. The van der Waals surface area contributed by atoms with Crippen molar-refractivity contribution < 1.29 is 161 Å². The van der Waals surface area contributed by atoms with Crippen LogP contribution in [0.1, 0.15) is 118 Å². The zero-order chi connectivity index (χ0) is 81.1. The minimum atomic E-state index is -4.24. The lowest BCUT2D eigenvalue weighted by Crippen LogP contribution is -2.64. The first-order chi connectivity index (χ1) is 51.7. The monoisotopic (exact) mass is 1600 g/mol. The lowest BCUT2D eigenvalue weighted by molar-refractivity contribution is -0.270. The molecule has 22 atom stereocenters. The number of hydrogen-bond acceptors (Lipinski definition) is 32. The maximum absolute atomic E-state index is 14.2. The number of ether oxygens (including phenoxy) is 8. The van der Waals surface area contributed by atoms with Gasteiger partial charge in [0.15, 0.2) is 31.3 Å². The third kappa shape index (κ3) is 33.3. The maximum Gasteiger partial charge on any atom is 0.325 e. The zero-order valence-corrected chi connectivity index (χ0v) is 63.2. The van der Waals surface area contributed by atoms with Crippen molar-refractivity contribution in [3.63, 3.8) is 0 Å². The third-order valence-corrected chi connectivity index (χ3v) is 18.9. The Bertz CT molecular complexity index is 2830. The first-order valence-electron chi connectivity index (χ1n) is 36.7. The van der Waals surface area contributed by atoms with E-state index in [1.807, 2.05) is 0 Å². The fourth-order valence-corrected chi connectivity index (χ4v) is 12.7. The molecule has 10 unspecified atom stereocenters. The Balaban J connectivity index is 1.48. The predicted molar refractivity (Wildman–Crippen MR) is 373 cm³/mol. The molecule has 4 heterocycles. The van der Waals surface area contributed by atoms with Gasteiger partial charge in [0.05, 0.1) is 33.0 Å². The minimum absolute atomic E-state index is 0.0111. The normalized spacial score (nSPS) is 29.2. The van der Waals surface area contributed by atoms with E-state index in [2.05, 4.69) is 31.9 Å². The second-order valence-corrected chi connectivity index (χ2v) is 29.0. The summed E-state index contributed by atoms with van der Waals surface area (Å²) in [4.78, 5) is 130. The van der Waals surface area contributed by atoms with Crippen LogP contribution in [0.5, 0.6) is 0 Å². The second-order valence-electron chi connectivity index (χ2n) is 27.2. The highest BCUT2D eigenvalue weighted by Crippen LogP contribution is 2.36. The van der Waals surface area contributed by atoms with Crippen molar-refractivity contribution in [3.8, 4) is 0 Å². The van der Waals surface area contributed by atoms with E-state index in [0.29, 0.717) is 0 Å². The van der Waals surface area contributed by atoms with E-state index in [0.717, 1.165) is 6.66 Å². The Morgan fingerprint density at radius 2 is 0.670 bits per heavy atom. The van der Waals surface area contributed by atoms with Crippen LogP contribution in [0.4, 0.5) is 0 Å². The number of aliphatic hydroxyl groups is 13. The van der Waals surface area contributed by atoms with Gasteiger partial charge in [-0.2, -0.15) is 0 Å².